The van der Waals surface area contributed by atoms with Gasteiger partial charge < -0.3 is 15.0 Å². The molecule has 0 amide bonds. The van der Waals surface area contributed by atoms with Gasteiger partial charge in [0.15, 0.2) is 0 Å². The van der Waals surface area contributed by atoms with Crippen molar-refractivity contribution in [3.8, 4) is 0 Å². The van der Waals surface area contributed by atoms with Crippen LogP contribution in [0.25, 0.3) is 0 Å². The number of ether oxygens (including phenoxy) is 1. The maximum Gasteiger partial charge on any atom is 0.0678 e. The predicted octanol–water partition coefficient (Wildman–Crippen LogP) is 2.95. The third-order valence-corrected chi connectivity index (χ3v) is 4.11. The molecule has 2 rings (SSSR count). The van der Waals surface area contributed by atoms with Gasteiger partial charge in [-0.05, 0) is 36.4 Å². The van der Waals surface area contributed by atoms with Crippen LogP contribution in [0.4, 0.5) is 5.69 Å². The van der Waals surface area contributed by atoms with Crippen molar-refractivity contribution in [1.29, 1.82) is 0 Å². The first-order valence-electron chi connectivity index (χ1n) is 8.16. The molecular formula is C18H30N2O. The number of rotatable bonds is 7. The van der Waals surface area contributed by atoms with Crippen LogP contribution < -0.4 is 10.2 Å². The lowest BCUT2D eigenvalue weighted by atomic mass is 9.92. The number of nitrogens with one attached hydrogen (secondary N) is 1. The van der Waals surface area contributed by atoms with E-state index in [0.29, 0.717) is 17.9 Å². The van der Waals surface area contributed by atoms with Crippen LogP contribution in [0, 0.1) is 11.8 Å². The molecule has 0 saturated carbocycles. The van der Waals surface area contributed by atoms with Crippen molar-refractivity contribution in [3.63, 3.8) is 0 Å². The molecule has 0 fully saturated rings. The topological polar surface area (TPSA) is 24.5 Å². The fourth-order valence-corrected chi connectivity index (χ4v) is 3.17. The van der Waals surface area contributed by atoms with Gasteiger partial charge in [0.1, 0.15) is 0 Å². The van der Waals surface area contributed by atoms with E-state index in [1.54, 1.807) is 7.11 Å². The van der Waals surface area contributed by atoms with Crippen LogP contribution in [0.5, 0.6) is 0 Å². The molecule has 1 aromatic rings. The number of methoxy groups -OCH3 is 1. The second-order valence-electron chi connectivity index (χ2n) is 6.75. The van der Waals surface area contributed by atoms with Crippen LogP contribution in [0.1, 0.15) is 26.3 Å². The molecule has 2 atom stereocenters. The lowest BCUT2D eigenvalue weighted by molar-refractivity contribution is 0.172. The molecule has 0 bridgehead atoms. The second kappa shape index (κ2) is 7.81. The highest BCUT2D eigenvalue weighted by atomic mass is 16.5. The van der Waals surface area contributed by atoms with Crippen LogP contribution in [0.2, 0.25) is 0 Å². The molecule has 118 valence electrons. The third-order valence-electron chi connectivity index (χ3n) is 4.11. The summed E-state index contributed by atoms with van der Waals surface area (Å²) < 4.78 is 5.48. The smallest absolute Gasteiger partial charge is 0.0678 e. The number of hydrogen-bond donors (Lipinski definition) is 1. The molecular weight excluding hydrogens is 260 g/mol. The summed E-state index contributed by atoms with van der Waals surface area (Å²) in [5.74, 6) is 1.38. The quantitative estimate of drug-likeness (QED) is 0.835. The average Bonchev–Trinajstić information content (AvgIpc) is 2.45. The van der Waals surface area contributed by atoms with Crippen molar-refractivity contribution in [3.05, 3.63) is 29.8 Å². The maximum atomic E-state index is 5.48. The highest BCUT2D eigenvalue weighted by Crippen LogP contribution is 2.30. The lowest BCUT2D eigenvalue weighted by Crippen LogP contribution is -2.49. The lowest BCUT2D eigenvalue weighted by Gasteiger charge is -2.40. The zero-order valence-corrected chi connectivity index (χ0v) is 13.9. The summed E-state index contributed by atoms with van der Waals surface area (Å²) in [6.45, 7) is 10.8. The summed E-state index contributed by atoms with van der Waals surface area (Å²) in [4.78, 5) is 2.54. The normalized spacial score (nSPS) is 19.7. The summed E-state index contributed by atoms with van der Waals surface area (Å²) in [5, 5.41) is 3.59. The largest absolute Gasteiger partial charge is 0.383 e. The van der Waals surface area contributed by atoms with Crippen LogP contribution in [0.3, 0.4) is 0 Å². The van der Waals surface area contributed by atoms with Crippen LogP contribution in [0.15, 0.2) is 24.3 Å². The van der Waals surface area contributed by atoms with E-state index in [2.05, 4.69) is 55.3 Å². The van der Waals surface area contributed by atoms with Crippen molar-refractivity contribution in [2.45, 2.75) is 33.2 Å². The van der Waals surface area contributed by atoms with Gasteiger partial charge in [-0.3, -0.25) is 0 Å². The summed E-state index contributed by atoms with van der Waals surface area (Å²) >= 11 is 0. The number of fused-ring (bicyclic) bond motifs is 1. The van der Waals surface area contributed by atoms with E-state index in [0.717, 1.165) is 26.2 Å². The van der Waals surface area contributed by atoms with Crippen molar-refractivity contribution >= 4 is 5.69 Å². The van der Waals surface area contributed by atoms with E-state index in [1.807, 2.05) is 0 Å². The Morgan fingerprint density at radius 2 is 2.05 bits per heavy atom. The Kier molecular flexibility index (Phi) is 6.07. The standard InChI is InChI=1S/C18H30N2O/c1-14(2)10-19-11-17(13-21-4)20-12-15(3)9-16-7-5-6-8-18(16)20/h5-8,14-15,17,19H,9-13H2,1-4H3. The summed E-state index contributed by atoms with van der Waals surface area (Å²) in [6, 6.07) is 9.22. The fourth-order valence-electron chi connectivity index (χ4n) is 3.17. The van der Waals surface area contributed by atoms with E-state index < -0.39 is 0 Å². The molecule has 1 N–H and O–H groups in total. The van der Waals surface area contributed by atoms with Crippen molar-refractivity contribution in [2.24, 2.45) is 11.8 Å². The number of benzene rings is 1. The number of nitrogens with zero attached hydrogens (tertiary/aromatic N) is 1. The highest BCUT2D eigenvalue weighted by Gasteiger charge is 2.27. The van der Waals surface area contributed by atoms with Crippen molar-refractivity contribution < 1.29 is 4.74 Å². The third kappa shape index (κ3) is 4.45. The zero-order valence-electron chi connectivity index (χ0n) is 13.9. The van der Waals surface area contributed by atoms with Gasteiger partial charge in [-0.25, -0.2) is 0 Å². The molecule has 3 heteroatoms. The van der Waals surface area contributed by atoms with Crippen LogP contribution in [-0.2, 0) is 11.2 Å². The van der Waals surface area contributed by atoms with Crippen LogP contribution in [-0.4, -0.2) is 39.4 Å². The Hall–Kier alpha value is -1.06. The highest BCUT2D eigenvalue weighted by molar-refractivity contribution is 5.56. The maximum absolute atomic E-state index is 5.48. The number of hydrogen-bond acceptors (Lipinski definition) is 3. The van der Waals surface area contributed by atoms with E-state index in [1.165, 1.54) is 17.7 Å². The Morgan fingerprint density at radius 3 is 2.76 bits per heavy atom. The molecule has 1 aliphatic rings. The first-order chi connectivity index (χ1) is 10.1. The Bertz CT molecular complexity index is 433. The molecule has 0 aromatic heterocycles. The Labute approximate surface area is 129 Å². The van der Waals surface area contributed by atoms with Gasteiger partial charge in [0.05, 0.1) is 12.6 Å². The van der Waals surface area contributed by atoms with Crippen molar-refractivity contribution in [1.82, 2.24) is 5.32 Å². The fraction of sp³-hybridized carbons (Fsp3) is 0.667. The molecule has 0 saturated heterocycles. The molecule has 1 aliphatic heterocycles. The minimum atomic E-state index is 0.401. The average molecular weight is 290 g/mol. The van der Waals surface area contributed by atoms with Gasteiger partial charge in [-0.2, -0.15) is 0 Å². The number of para-hydroxylation sites is 1. The predicted molar refractivity (Wildman–Crippen MR) is 90.0 cm³/mol. The first kappa shape index (κ1) is 16.3. The van der Waals surface area contributed by atoms with E-state index in [4.69, 9.17) is 4.74 Å². The number of anilines is 1. The van der Waals surface area contributed by atoms with E-state index in [9.17, 15) is 0 Å². The molecule has 1 aromatic carbocycles. The monoisotopic (exact) mass is 290 g/mol. The molecule has 1 heterocycles. The Balaban J connectivity index is 2.11. The van der Waals surface area contributed by atoms with Gasteiger partial charge in [0, 0.05) is 25.9 Å². The first-order valence-corrected chi connectivity index (χ1v) is 8.16. The summed E-state index contributed by atoms with van der Waals surface area (Å²) in [7, 11) is 1.80. The van der Waals surface area contributed by atoms with Gasteiger partial charge in [-0.15, -0.1) is 0 Å². The minimum absolute atomic E-state index is 0.401. The Morgan fingerprint density at radius 1 is 1.29 bits per heavy atom. The molecule has 0 aliphatic carbocycles. The van der Waals surface area contributed by atoms with E-state index in [-0.39, 0.29) is 0 Å². The van der Waals surface area contributed by atoms with Gasteiger partial charge >= 0.3 is 0 Å². The van der Waals surface area contributed by atoms with Crippen molar-refractivity contribution in [2.75, 3.05) is 38.3 Å². The molecule has 2 unspecified atom stereocenters. The summed E-state index contributed by atoms with van der Waals surface area (Å²) in [6.07, 6.45) is 1.19. The van der Waals surface area contributed by atoms with Gasteiger partial charge in [0.2, 0.25) is 0 Å². The summed E-state index contributed by atoms with van der Waals surface area (Å²) in [5.41, 5.74) is 2.87. The molecule has 0 spiro atoms. The zero-order chi connectivity index (χ0) is 15.2. The SMILES string of the molecule is COCC(CNCC(C)C)N1CC(C)Cc2ccccc21. The van der Waals surface area contributed by atoms with Gasteiger partial charge in [-0.1, -0.05) is 39.0 Å². The van der Waals surface area contributed by atoms with Crippen LogP contribution >= 0.6 is 0 Å². The van der Waals surface area contributed by atoms with E-state index >= 15 is 0 Å². The molecule has 21 heavy (non-hydrogen) atoms. The molecule has 3 nitrogen and oxygen atoms in total. The molecule has 0 radical (unpaired) electrons. The van der Waals surface area contributed by atoms with Gasteiger partial charge in [0.25, 0.3) is 0 Å². The minimum Gasteiger partial charge on any atom is -0.383 e. The second-order valence-corrected chi connectivity index (χ2v) is 6.75.